The zero-order chi connectivity index (χ0) is 10.1. The summed E-state index contributed by atoms with van der Waals surface area (Å²) < 4.78 is 0. The van der Waals surface area contributed by atoms with E-state index in [9.17, 15) is 5.11 Å². The number of aliphatic hydroxyl groups excluding tert-OH is 1. The molecular formula is C10H16N2OS. The standard InChI is InChI=1S/C10H16N2OS/c1-7-8(2)14-10(11-7)6-12-4-3-9(13)5-12/h9,13H,3-6H2,1-2H3/t9-/m1/s1. The van der Waals surface area contributed by atoms with E-state index in [0.717, 1.165) is 31.7 Å². The molecule has 1 aliphatic rings. The lowest BCUT2D eigenvalue weighted by Gasteiger charge is -2.11. The van der Waals surface area contributed by atoms with E-state index in [4.69, 9.17) is 0 Å². The third kappa shape index (κ3) is 2.13. The van der Waals surface area contributed by atoms with E-state index in [1.54, 1.807) is 11.3 Å². The van der Waals surface area contributed by atoms with Crippen LogP contribution in [0.3, 0.4) is 0 Å². The van der Waals surface area contributed by atoms with E-state index in [0.29, 0.717) is 0 Å². The van der Waals surface area contributed by atoms with Gasteiger partial charge in [0.05, 0.1) is 18.3 Å². The van der Waals surface area contributed by atoms with E-state index >= 15 is 0 Å². The fraction of sp³-hybridized carbons (Fsp3) is 0.700. The zero-order valence-electron chi connectivity index (χ0n) is 8.66. The normalized spacial score (nSPS) is 23.2. The average molecular weight is 212 g/mol. The average Bonchev–Trinajstić information content (AvgIpc) is 2.62. The second-order valence-corrected chi connectivity index (χ2v) is 5.21. The SMILES string of the molecule is Cc1nc(CN2CC[C@@H](O)C2)sc1C. The summed E-state index contributed by atoms with van der Waals surface area (Å²) in [7, 11) is 0. The first-order chi connectivity index (χ1) is 6.65. The second-order valence-electron chi connectivity index (χ2n) is 3.93. The molecule has 0 spiro atoms. The van der Waals surface area contributed by atoms with Crippen LogP contribution in [0.1, 0.15) is 22.0 Å². The molecule has 0 unspecified atom stereocenters. The highest BCUT2D eigenvalue weighted by molar-refractivity contribution is 7.11. The van der Waals surface area contributed by atoms with Gasteiger partial charge in [0.15, 0.2) is 0 Å². The molecule has 1 aromatic rings. The first kappa shape index (κ1) is 10.1. The third-order valence-corrected chi connectivity index (χ3v) is 3.74. The second kappa shape index (κ2) is 3.96. The summed E-state index contributed by atoms with van der Waals surface area (Å²) in [5, 5.41) is 10.6. The van der Waals surface area contributed by atoms with Crippen molar-refractivity contribution >= 4 is 11.3 Å². The summed E-state index contributed by atoms with van der Waals surface area (Å²) in [6.45, 7) is 6.86. The fourth-order valence-electron chi connectivity index (χ4n) is 1.75. The lowest BCUT2D eigenvalue weighted by Crippen LogP contribution is -2.21. The highest BCUT2D eigenvalue weighted by Gasteiger charge is 2.21. The Balaban J connectivity index is 1.97. The van der Waals surface area contributed by atoms with Gasteiger partial charge in [0.1, 0.15) is 5.01 Å². The summed E-state index contributed by atoms with van der Waals surface area (Å²) >= 11 is 1.77. The van der Waals surface area contributed by atoms with Crippen molar-refractivity contribution in [2.75, 3.05) is 13.1 Å². The van der Waals surface area contributed by atoms with Crippen LogP contribution >= 0.6 is 11.3 Å². The van der Waals surface area contributed by atoms with Crippen LogP contribution in [-0.4, -0.2) is 34.2 Å². The lowest BCUT2D eigenvalue weighted by molar-refractivity contribution is 0.174. The molecule has 4 heteroatoms. The van der Waals surface area contributed by atoms with E-state index in [1.165, 1.54) is 9.88 Å². The van der Waals surface area contributed by atoms with E-state index in [2.05, 4.69) is 16.8 Å². The molecule has 0 aliphatic carbocycles. The number of nitrogens with zero attached hydrogens (tertiary/aromatic N) is 2. The van der Waals surface area contributed by atoms with Crippen molar-refractivity contribution in [2.45, 2.75) is 32.9 Å². The molecule has 1 aliphatic heterocycles. The number of rotatable bonds is 2. The molecule has 78 valence electrons. The molecule has 0 radical (unpaired) electrons. The number of aryl methyl sites for hydroxylation is 2. The molecule has 0 bridgehead atoms. The van der Waals surface area contributed by atoms with Crippen molar-refractivity contribution < 1.29 is 5.11 Å². The molecule has 1 fully saturated rings. The molecule has 1 saturated heterocycles. The Morgan fingerprint density at radius 1 is 1.57 bits per heavy atom. The Bertz CT molecular complexity index is 304. The number of hydrogen-bond acceptors (Lipinski definition) is 4. The van der Waals surface area contributed by atoms with Crippen LogP contribution in [-0.2, 0) is 6.54 Å². The molecule has 3 nitrogen and oxygen atoms in total. The molecule has 0 amide bonds. The Labute approximate surface area is 88.4 Å². The minimum Gasteiger partial charge on any atom is -0.392 e. The first-order valence-electron chi connectivity index (χ1n) is 4.98. The Morgan fingerprint density at radius 3 is 2.86 bits per heavy atom. The van der Waals surface area contributed by atoms with Gasteiger partial charge in [-0.25, -0.2) is 4.98 Å². The Hall–Kier alpha value is -0.450. The fourth-order valence-corrected chi connectivity index (χ4v) is 2.73. The van der Waals surface area contributed by atoms with Crippen LogP contribution < -0.4 is 0 Å². The van der Waals surface area contributed by atoms with Gasteiger partial charge in [-0.2, -0.15) is 0 Å². The molecule has 2 rings (SSSR count). The van der Waals surface area contributed by atoms with E-state index in [-0.39, 0.29) is 6.10 Å². The molecule has 1 atom stereocenters. The maximum Gasteiger partial charge on any atom is 0.107 e. The van der Waals surface area contributed by atoms with Crippen molar-refractivity contribution in [3.8, 4) is 0 Å². The minimum absolute atomic E-state index is 0.128. The van der Waals surface area contributed by atoms with Gasteiger partial charge in [0.2, 0.25) is 0 Å². The summed E-state index contributed by atoms with van der Waals surface area (Å²) in [4.78, 5) is 8.07. The maximum atomic E-state index is 9.38. The van der Waals surface area contributed by atoms with Crippen molar-refractivity contribution in [2.24, 2.45) is 0 Å². The van der Waals surface area contributed by atoms with Crippen LogP contribution in [0.25, 0.3) is 0 Å². The van der Waals surface area contributed by atoms with Crippen LogP contribution in [0.15, 0.2) is 0 Å². The molecule has 1 aromatic heterocycles. The Kier molecular flexibility index (Phi) is 2.85. The van der Waals surface area contributed by atoms with Crippen LogP contribution in [0.5, 0.6) is 0 Å². The lowest BCUT2D eigenvalue weighted by atomic mass is 10.3. The predicted octanol–water partition coefficient (Wildman–Crippen LogP) is 1.33. The molecule has 0 aromatic carbocycles. The van der Waals surface area contributed by atoms with E-state index < -0.39 is 0 Å². The molecule has 1 N–H and O–H groups in total. The van der Waals surface area contributed by atoms with Gasteiger partial charge in [0.25, 0.3) is 0 Å². The highest BCUT2D eigenvalue weighted by atomic mass is 32.1. The number of likely N-dealkylation sites (tertiary alicyclic amines) is 1. The van der Waals surface area contributed by atoms with Gasteiger partial charge < -0.3 is 5.11 Å². The number of thiazole rings is 1. The van der Waals surface area contributed by atoms with Gasteiger partial charge in [0, 0.05) is 18.0 Å². The first-order valence-corrected chi connectivity index (χ1v) is 5.80. The molecule has 2 heterocycles. The number of hydrogen-bond donors (Lipinski definition) is 1. The topological polar surface area (TPSA) is 36.4 Å². The van der Waals surface area contributed by atoms with Gasteiger partial charge in [-0.1, -0.05) is 0 Å². The van der Waals surface area contributed by atoms with Crippen molar-refractivity contribution in [3.05, 3.63) is 15.6 Å². The minimum atomic E-state index is -0.128. The maximum absolute atomic E-state index is 9.38. The van der Waals surface area contributed by atoms with Crippen molar-refractivity contribution in [3.63, 3.8) is 0 Å². The summed E-state index contributed by atoms with van der Waals surface area (Å²) in [5.41, 5.74) is 1.14. The number of aromatic nitrogens is 1. The predicted molar refractivity (Wildman–Crippen MR) is 57.5 cm³/mol. The van der Waals surface area contributed by atoms with Gasteiger partial charge in [-0.15, -0.1) is 11.3 Å². The van der Waals surface area contributed by atoms with Crippen LogP contribution in [0.2, 0.25) is 0 Å². The number of aliphatic hydroxyl groups is 1. The quantitative estimate of drug-likeness (QED) is 0.803. The smallest absolute Gasteiger partial charge is 0.107 e. The summed E-state index contributed by atoms with van der Waals surface area (Å²) in [6.07, 6.45) is 0.778. The summed E-state index contributed by atoms with van der Waals surface area (Å²) in [6, 6.07) is 0. The van der Waals surface area contributed by atoms with Gasteiger partial charge in [-0.05, 0) is 20.3 Å². The molecular weight excluding hydrogens is 196 g/mol. The molecule has 0 saturated carbocycles. The summed E-state index contributed by atoms with van der Waals surface area (Å²) in [5.74, 6) is 0. The van der Waals surface area contributed by atoms with Crippen molar-refractivity contribution in [1.29, 1.82) is 0 Å². The van der Waals surface area contributed by atoms with Crippen molar-refractivity contribution in [1.82, 2.24) is 9.88 Å². The van der Waals surface area contributed by atoms with E-state index in [1.807, 2.05) is 6.92 Å². The van der Waals surface area contributed by atoms with Gasteiger partial charge >= 0.3 is 0 Å². The van der Waals surface area contributed by atoms with Gasteiger partial charge in [-0.3, -0.25) is 4.90 Å². The highest BCUT2D eigenvalue weighted by Crippen LogP contribution is 2.20. The molecule has 14 heavy (non-hydrogen) atoms. The van der Waals surface area contributed by atoms with Crippen LogP contribution in [0, 0.1) is 13.8 Å². The largest absolute Gasteiger partial charge is 0.392 e. The zero-order valence-corrected chi connectivity index (χ0v) is 9.47. The number of β-amino-alcohol motifs (C(OH)–C–C–N with tert-alkyl or cyclic N) is 1. The monoisotopic (exact) mass is 212 g/mol. The Morgan fingerprint density at radius 2 is 2.36 bits per heavy atom. The van der Waals surface area contributed by atoms with Crippen LogP contribution in [0.4, 0.5) is 0 Å². The third-order valence-electron chi connectivity index (χ3n) is 2.68.